The molecule has 0 radical (unpaired) electrons. The summed E-state index contributed by atoms with van der Waals surface area (Å²) in [6, 6.07) is 0. The van der Waals surface area contributed by atoms with Gasteiger partial charge in [0.05, 0.1) is 26.1 Å². The highest BCUT2D eigenvalue weighted by molar-refractivity contribution is 6.28. The van der Waals surface area contributed by atoms with E-state index < -0.39 is 0 Å². The van der Waals surface area contributed by atoms with Crippen LogP contribution in [0.2, 0.25) is 5.28 Å². The topological polar surface area (TPSA) is 108 Å². The summed E-state index contributed by atoms with van der Waals surface area (Å²) in [4.78, 5) is 29.1. The van der Waals surface area contributed by atoms with Crippen LogP contribution < -0.4 is 10.6 Å². The van der Waals surface area contributed by atoms with E-state index in [4.69, 9.17) is 16.3 Å². The molecule has 3 rings (SSSR count). The van der Waals surface area contributed by atoms with Gasteiger partial charge in [0.1, 0.15) is 5.52 Å². The van der Waals surface area contributed by atoms with Gasteiger partial charge in [-0.1, -0.05) is 0 Å². The number of hydrogen-bond acceptors (Lipinski definition) is 7. The molecule has 0 unspecified atom stereocenters. The van der Waals surface area contributed by atoms with Crippen molar-refractivity contribution in [1.29, 1.82) is 0 Å². The van der Waals surface area contributed by atoms with Crippen molar-refractivity contribution in [3.63, 3.8) is 0 Å². The molecule has 10 heteroatoms. The number of hydrogen-bond donors (Lipinski definition) is 3. The third kappa shape index (κ3) is 4.27. The number of aromatic nitrogens is 4. The second-order valence-corrected chi connectivity index (χ2v) is 5.44. The molecular formula is C13H18ClN7O2. The number of rotatable bonds is 6. The molecule has 3 N–H and O–H groups in total. The molecular weight excluding hydrogens is 322 g/mol. The van der Waals surface area contributed by atoms with Crippen LogP contribution in [0.1, 0.15) is 0 Å². The number of carbonyl (C=O) groups excluding carboxylic acids is 1. The summed E-state index contributed by atoms with van der Waals surface area (Å²) in [7, 11) is 0. The molecule has 0 aliphatic carbocycles. The van der Waals surface area contributed by atoms with Crippen LogP contribution in [0.4, 0.5) is 5.82 Å². The normalized spacial score (nSPS) is 15.7. The second-order valence-electron chi connectivity index (χ2n) is 5.10. The van der Waals surface area contributed by atoms with Crippen molar-refractivity contribution in [1.82, 2.24) is 30.2 Å². The van der Waals surface area contributed by atoms with Crippen LogP contribution in [0, 0.1) is 0 Å². The Kier molecular flexibility index (Phi) is 5.21. The fraction of sp³-hybridized carbons (Fsp3) is 0.538. The average Bonchev–Trinajstić information content (AvgIpc) is 3.02. The van der Waals surface area contributed by atoms with Gasteiger partial charge in [-0.05, 0) is 11.6 Å². The first-order valence-corrected chi connectivity index (χ1v) is 7.77. The number of fused-ring (bicyclic) bond motifs is 1. The highest BCUT2D eigenvalue weighted by Crippen LogP contribution is 2.17. The van der Waals surface area contributed by atoms with Gasteiger partial charge in [-0.3, -0.25) is 9.69 Å². The van der Waals surface area contributed by atoms with Gasteiger partial charge in [0.15, 0.2) is 11.5 Å². The predicted octanol–water partition coefficient (Wildman–Crippen LogP) is -0.133. The number of aromatic amines is 1. The molecule has 0 aromatic carbocycles. The Labute approximate surface area is 137 Å². The number of carbonyl (C=O) groups is 1. The zero-order valence-electron chi connectivity index (χ0n) is 12.5. The Morgan fingerprint density at radius 3 is 3.04 bits per heavy atom. The minimum atomic E-state index is -0.111. The lowest BCUT2D eigenvalue weighted by molar-refractivity contribution is -0.119. The number of nitrogens with zero attached hydrogens (tertiary/aromatic N) is 4. The molecule has 0 saturated carbocycles. The smallest absolute Gasteiger partial charge is 0.239 e. The minimum Gasteiger partial charge on any atom is -0.379 e. The number of morpholine rings is 1. The highest BCUT2D eigenvalue weighted by Gasteiger charge is 2.12. The molecule has 1 amide bonds. The van der Waals surface area contributed by atoms with Crippen LogP contribution in [-0.4, -0.2) is 76.7 Å². The maximum absolute atomic E-state index is 11.9. The van der Waals surface area contributed by atoms with Crippen molar-refractivity contribution < 1.29 is 9.53 Å². The molecule has 0 spiro atoms. The molecule has 0 bridgehead atoms. The first-order chi connectivity index (χ1) is 11.2. The van der Waals surface area contributed by atoms with Gasteiger partial charge in [0, 0.05) is 26.2 Å². The van der Waals surface area contributed by atoms with E-state index in [-0.39, 0.29) is 17.7 Å². The number of imidazole rings is 1. The van der Waals surface area contributed by atoms with Crippen LogP contribution in [0.5, 0.6) is 0 Å². The summed E-state index contributed by atoms with van der Waals surface area (Å²) in [6.07, 6.45) is 1.50. The molecule has 1 fully saturated rings. The SMILES string of the molecule is O=C(CNc1nc(Cl)nc2nc[nH]c12)NCCN1CCOCC1. The van der Waals surface area contributed by atoms with E-state index in [9.17, 15) is 4.79 Å². The van der Waals surface area contributed by atoms with E-state index in [1.807, 2.05) is 0 Å². The van der Waals surface area contributed by atoms with Gasteiger partial charge >= 0.3 is 0 Å². The Hall–Kier alpha value is -1.97. The maximum atomic E-state index is 11.9. The standard InChI is InChI=1S/C13H18ClN7O2/c14-13-19-11(10-12(20-13)18-8-17-10)16-7-9(22)15-1-2-21-3-5-23-6-4-21/h8H,1-7H2,(H,15,22)(H2,16,17,18,19,20). The molecule has 2 aromatic rings. The molecule has 0 atom stereocenters. The lowest BCUT2D eigenvalue weighted by atomic mass is 10.4. The van der Waals surface area contributed by atoms with Crippen molar-refractivity contribution >= 4 is 34.5 Å². The summed E-state index contributed by atoms with van der Waals surface area (Å²) >= 11 is 5.83. The number of anilines is 1. The van der Waals surface area contributed by atoms with Crippen molar-refractivity contribution in [2.75, 3.05) is 51.3 Å². The van der Waals surface area contributed by atoms with Gasteiger partial charge in [-0.2, -0.15) is 9.97 Å². The summed E-state index contributed by atoms with van der Waals surface area (Å²) in [5.41, 5.74) is 1.08. The van der Waals surface area contributed by atoms with Crippen molar-refractivity contribution in [3.05, 3.63) is 11.6 Å². The van der Waals surface area contributed by atoms with Crippen molar-refractivity contribution in [2.24, 2.45) is 0 Å². The lowest BCUT2D eigenvalue weighted by Crippen LogP contribution is -2.42. The monoisotopic (exact) mass is 339 g/mol. The van der Waals surface area contributed by atoms with Gasteiger partial charge in [-0.25, -0.2) is 4.98 Å². The minimum absolute atomic E-state index is 0.0832. The largest absolute Gasteiger partial charge is 0.379 e. The molecule has 3 heterocycles. The summed E-state index contributed by atoms with van der Waals surface area (Å²) in [6.45, 7) is 4.85. The Balaban J connectivity index is 1.45. The number of nitrogens with one attached hydrogen (secondary N) is 3. The zero-order chi connectivity index (χ0) is 16.1. The molecule has 9 nitrogen and oxygen atoms in total. The third-order valence-corrected chi connectivity index (χ3v) is 3.70. The van der Waals surface area contributed by atoms with Gasteiger partial charge in [0.2, 0.25) is 11.2 Å². The number of amides is 1. The fourth-order valence-electron chi connectivity index (χ4n) is 2.34. The van der Waals surface area contributed by atoms with E-state index in [1.54, 1.807) is 0 Å². The van der Waals surface area contributed by atoms with Crippen LogP contribution in [0.25, 0.3) is 11.2 Å². The Morgan fingerprint density at radius 2 is 2.22 bits per heavy atom. The Bertz CT molecular complexity index is 671. The van der Waals surface area contributed by atoms with Gasteiger partial charge in [-0.15, -0.1) is 0 Å². The highest BCUT2D eigenvalue weighted by atomic mass is 35.5. The molecule has 124 valence electrons. The lowest BCUT2D eigenvalue weighted by Gasteiger charge is -2.26. The zero-order valence-corrected chi connectivity index (χ0v) is 13.3. The molecule has 2 aromatic heterocycles. The number of ether oxygens (including phenoxy) is 1. The Morgan fingerprint density at radius 1 is 1.39 bits per heavy atom. The quantitative estimate of drug-likeness (QED) is 0.629. The maximum Gasteiger partial charge on any atom is 0.239 e. The van der Waals surface area contributed by atoms with Crippen LogP contribution in [-0.2, 0) is 9.53 Å². The summed E-state index contributed by atoms with van der Waals surface area (Å²) < 4.78 is 5.28. The van der Waals surface area contributed by atoms with Gasteiger partial charge in [0.25, 0.3) is 0 Å². The first-order valence-electron chi connectivity index (χ1n) is 7.39. The summed E-state index contributed by atoms with van der Waals surface area (Å²) in [5.74, 6) is 0.349. The number of H-pyrrole nitrogens is 1. The van der Waals surface area contributed by atoms with Crippen LogP contribution in [0.3, 0.4) is 0 Å². The van der Waals surface area contributed by atoms with Crippen molar-refractivity contribution in [2.45, 2.75) is 0 Å². The second kappa shape index (κ2) is 7.53. The van der Waals surface area contributed by atoms with Crippen molar-refractivity contribution in [3.8, 4) is 0 Å². The van der Waals surface area contributed by atoms with E-state index in [2.05, 4.69) is 35.5 Å². The van der Waals surface area contributed by atoms with Crippen LogP contribution in [0.15, 0.2) is 6.33 Å². The van der Waals surface area contributed by atoms with E-state index in [0.29, 0.717) is 23.5 Å². The fourth-order valence-corrected chi connectivity index (χ4v) is 2.50. The predicted molar refractivity (Wildman–Crippen MR) is 85.5 cm³/mol. The first kappa shape index (κ1) is 15.9. The molecule has 1 aliphatic heterocycles. The molecule has 23 heavy (non-hydrogen) atoms. The van der Waals surface area contributed by atoms with E-state index in [1.165, 1.54) is 6.33 Å². The average molecular weight is 340 g/mol. The van der Waals surface area contributed by atoms with Crippen LogP contribution >= 0.6 is 11.6 Å². The van der Waals surface area contributed by atoms with E-state index >= 15 is 0 Å². The summed E-state index contributed by atoms with van der Waals surface area (Å²) in [5, 5.41) is 5.90. The molecule has 1 saturated heterocycles. The van der Waals surface area contributed by atoms with E-state index in [0.717, 1.165) is 32.8 Å². The third-order valence-electron chi connectivity index (χ3n) is 3.53. The number of halogens is 1. The van der Waals surface area contributed by atoms with Gasteiger partial charge < -0.3 is 20.4 Å². The molecule has 1 aliphatic rings.